The van der Waals surface area contributed by atoms with Crippen molar-refractivity contribution in [3.63, 3.8) is 0 Å². The Kier molecular flexibility index (Phi) is 4.18. The maximum Gasteiger partial charge on any atom is 0.172 e. The molecule has 0 aromatic heterocycles. The first-order chi connectivity index (χ1) is 8.54. The molecule has 0 fully saturated rings. The lowest BCUT2D eigenvalue weighted by atomic mass is 9.86. The van der Waals surface area contributed by atoms with Crippen LogP contribution in [0.3, 0.4) is 0 Å². The average Bonchev–Trinajstić information content (AvgIpc) is 2.27. The minimum atomic E-state index is -0.852. The summed E-state index contributed by atoms with van der Waals surface area (Å²) in [5, 5.41) is 0. The van der Waals surface area contributed by atoms with Gasteiger partial charge in [0.05, 0.1) is 0 Å². The number of ether oxygens (including phenoxy) is 1. The van der Waals surface area contributed by atoms with Crippen molar-refractivity contribution in [3.05, 3.63) is 29.8 Å². The summed E-state index contributed by atoms with van der Waals surface area (Å²) >= 11 is 0. The van der Waals surface area contributed by atoms with E-state index >= 15 is 0 Å². The third-order valence-corrected chi connectivity index (χ3v) is 3.02. The van der Waals surface area contributed by atoms with E-state index in [1.165, 1.54) is 6.92 Å². The van der Waals surface area contributed by atoms with Crippen LogP contribution in [0, 0.1) is 5.41 Å². The first-order valence-electron chi connectivity index (χ1n) is 6.39. The molecule has 3 heteroatoms. The summed E-state index contributed by atoms with van der Waals surface area (Å²) in [6, 6.07) is 6.92. The quantitative estimate of drug-likeness (QED) is 0.778. The van der Waals surface area contributed by atoms with E-state index in [0.717, 1.165) is 0 Å². The predicted octanol–water partition coefficient (Wildman–Crippen LogP) is 3.66. The molecule has 0 aliphatic carbocycles. The number of Topliss-reactive ketones (excluding diaryl/α,β-unsaturated/α-hetero) is 2. The number of ketones is 2. The lowest BCUT2D eigenvalue weighted by Gasteiger charge is -2.23. The molecule has 19 heavy (non-hydrogen) atoms. The van der Waals surface area contributed by atoms with E-state index in [-0.39, 0.29) is 11.6 Å². The molecule has 0 saturated heterocycles. The van der Waals surface area contributed by atoms with Crippen LogP contribution in [0.1, 0.15) is 51.9 Å². The van der Waals surface area contributed by atoms with Gasteiger partial charge in [0.1, 0.15) is 5.75 Å². The van der Waals surface area contributed by atoms with Gasteiger partial charge in [-0.2, -0.15) is 0 Å². The van der Waals surface area contributed by atoms with Gasteiger partial charge in [0, 0.05) is 11.0 Å². The zero-order valence-corrected chi connectivity index (χ0v) is 12.5. The van der Waals surface area contributed by atoms with Crippen molar-refractivity contribution in [2.24, 2.45) is 5.41 Å². The minimum absolute atomic E-state index is 0.0395. The lowest BCUT2D eigenvalue weighted by Crippen LogP contribution is -2.36. The Bertz CT molecular complexity index is 476. The summed E-state index contributed by atoms with van der Waals surface area (Å²) in [5.41, 5.74) is -0.600. The van der Waals surface area contributed by atoms with Crippen molar-refractivity contribution < 1.29 is 14.3 Å². The van der Waals surface area contributed by atoms with Gasteiger partial charge in [-0.3, -0.25) is 9.59 Å². The van der Waals surface area contributed by atoms with Crippen molar-refractivity contribution in [2.75, 3.05) is 0 Å². The smallest absolute Gasteiger partial charge is 0.172 e. The van der Waals surface area contributed by atoms with Crippen molar-refractivity contribution >= 4 is 11.6 Å². The highest BCUT2D eigenvalue weighted by Crippen LogP contribution is 2.24. The van der Waals surface area contributed by atoms with Gasteiger partial charge in [-0.05, 0) is 45.0 Å². The first kappa shape index (κ1) is 15.4. The van der Waals surface area contributed by atoms with E-state index in [0.29, 0.717) is 11.3 Å². The van der Waals surface area contributed by atoms with Gasteiger partial charge in [-0.15, -0.1) is 0 Å². The maximum atomic E-state index is 12.1. The van der Waals surface area contributed by atoms with Crippen LogP contribution in [0.5, 0.6) is 5.75 Å². The van der Waals surface area contributed by atoms with Gasteiger partial charge in [-0.25, -0.2) is 0 Å². The molecular formula is C16H22O3. The van der Waals surface area contributed by atoms with Crippen molar-refractivity contribution in [1.82, 2.24) is 0 Å². The van der Waals surface area contributed by atoms with E-state index in [4.69, 9.17) is 4.74 Å². The largest absolute Gasteiger partial charge is 0.480 e. The monoisotopic (exact) mass is 262 g/mol. The van der Waals surface area contributed by atoms with Crippen LogP contribution in [0.2, 0.25) is 0 Å². The third-order valence-electron chi connectivity index (χ3n) is 3.02. The minimum Gasteiger partial charge on any atom is -0.480 e. The Labute approximate surface area is 115 Å². The average molecular weight is 262 g/mol. The van der Waals surface area contributed by atoms with Crippen molar-refractivity contribution in [2.45, 2.75) is 47.1 Å². The van der Waals surface area contributed by atoms with Crippen LogP contribution in [0.25, 0.3) is 0 Å². The summed E-state index contributed by atoms with van der Waals surface area (Å²) in [6.45, 7) is 10.6. The van der Waals surface area contributed by atoms with E-state index < -0.39 is 11.0 Å². The molecule has 0 amide bonds. The van der Waals surface area contributed by atoms with Crippen LogP contribution in [0.15, 0.2) is 24.3 Å². The SMILES string of the molecule is CC(=O)C(C)(C)Oc1ccc(C(=O)C(C)(C)C)cc1. The van der Waals surface area contributed by atoms with E-state index in [1.807, 2.05) is 20.8 Å². The summed E-state index contributed by atoms with van der Waals surface area (Å²) < 4.78 is 5.62. The molecule has 1 rings (SSSR count). The summed E-state index contributed by atoms with van der Waals surface area (Å²) in [7, 11) is 0. The van der Waals surface area contributed by atoms with Crippen LogP contribution in [0.4, 0.5) is 0 Å². The Morgan fingerprint density at radius 3 is 1.79 bits per heavy atom. The molecule has 0 aliphatic heterocycles. The second-order valence-corrected chi connectivity index (χ2v) is 6.27. The number of benzene rings is 1. The molecule has 0 bridgehead atoms. The van der Waals surface area contributed by atoms with Gasteiger partial charge in [0.25, 0.3) is 0 Å². The zero-order chi connectivity index (χ0) is 14.8. The molecule has 0 heterocycles. The fourth-order valence-electron chi connectivity index (χ4n) is 1.47. The van der Waals surface area contributed by atoms with Crippen LogP contribution >= 0.6 is 0 Å². The molecule has 3 nitrogen and oxygen atoms in total. The van der Waals surface area contributed by atoms with Gasteiger partial charge >= 0.3 is 0 Å². The maximum absolute atomic E-state index is 12.1. The summed E-state index contributed by atoms with van der Waals surface area (Å²) in [4.78, 5) is 23.5. The number of carbonyl (C=O) groups is 2. The molecule has 0 aliphatic rings. The highest BCUT2D eigenvalue weighted by molar-refractivity contribution is 5.99. The highest BCUT2D eigenvalue weighted by atomic mass is 16.5. The second kappa shape index (κ2) is 5.16. The molecule has 0 N–H and O–H groups in total. The third kappa shape index (κ3) is 3.91. The Hall–Kier alpha value is -1.64. The van der Waals surface area contributed by atoms with Crippen LogP contribution in [-0.2, 0) is 4.79 Å². The van der Waals surface area contributed by atoms with Crippen molar-refractivity contribution in [3.8, 4) is 5.75 Å². The molecule has 1 aromatic carbocycles. The standard InChI is InChI=1S/C16H22O3/c1-11(17)16(5,6)19-13-9-7-12(8-10-13)14(18)15(2,3)4/h7-10H,1-6H3. The molecule has 0 atom stereocenters. The Morgan fingerprint density at radius 2 is 1.42 bits per heavy atom. The topological polar surface area (TPSA) is 43.4 Å². The Balaban J connectivity index is 2.89. The number of carbonyl (C=O) groups excluding carboxylic acids is 2. The normalized spacial score (nSPS) is 12.1. The predicted molar refractivity (Wildman–Crippen MR) is 75.6 cm³/mol. The molecule has 1 aromatic rings. The molecule has 0 unspecified atom stereocenters. The van der Waals surface area contributed by atoms with Crippen LogP contribution < -0.4 is 4.74 Å². The molecule has 0 radical (unpaired) electrons. The van der Waals surface area contributed by atoms with E-state index in [9.17, 15) is 9.59 Å². The van der Waals surface area contributed by atoms with E-state index in [2.05, 4.69) is 0 Å². The molecule has 0 saturated carbocycles. The van der Waals surface area contributed by atoms with Gasteiger partial charge < -0.3 is 4.74 Å². The number of hydrogen-bond acceptors (Lipinski definition) is 3. The van der Waals surface area contributed by atoms with E-state index in [1.54, 1.807) is 38.1 Å². The number of hydrogen-bond donors (Lipinski definition) is 0. The lowest BCUT2D eigenvalue weighted by molar-refractivity contribution is -0.129. The van der Waals surface area contributed by atoms with Gasteiger partial charge in [0.2, 0.25) is 0 Å². The Morgan fingerprint density at radius 1 is 0.947 bits per heavy atom. The highest BCUT2D eigenvalue weighted by Gasteiger charge is 2.26. The first-order valence-corrected chi connectivity index (χ1v) is 6.39. The molecule has 0 spiro atoms. The molecule has 104 valence electrons. The second-order valence-electron chi connectivity index (χ2n) is 6.27. The fourth-order valence-corrected chi connectivity index (χ4v) is 1.47. The molecular weight excluding hydrogens is 240 g/mol. The fraction of sp³-hybridized carbons (Fsp3) is 0.500. The summed E-state index contributed by atoms with van der Waals surface area (Å²) in [6.07, 6.45) is 0. The van der Waals surface area contributed by atoms with Crippen LogP contribution in [-0.4, -0.2) is 17.2 Å². The van der Waals surface area contributed by atoms with Gasteiger partial charge in [0.15, 0.2) is 17.2 Å². The van der Waals surface area contributed by atoms with Gasteiger partial charge in [-0.1, -0.05) is 20.8 Å². The zero-order valence-electron chi connectivity index (χ0n) is 12.5. The van der Waals surface area contributed by atoms with Crippen molar-refractivity contribution in [1.29, 1.82) is 0 Å². The summed E-state index contributed by atoms with van der Waals surface area (Å²) in [5.74, 6) is 0.637. The number of rotatable bonds is 4.